The molecule has 1 aromatic heterocycles. The van der Waals surface area contributed by atoms with Crippen LogP contribution in [0.4, 0.5) is 0 Å². The summed E-state index contributed by atoms with van der Waals surface area (Å²) >= 11 is 0. The molecule has 5 heteroatoms. The van der Waals surface area contributed by atoms with Crippen molar-refractivity contribution in [2.75, 3.05) is 13.1 Å². The van der Waals surface area contributed by atoms with E-state index in [-0.39, 0.29) is 12.2 Å². The molecule has 0 spiro atoms. The molecule has 5 nitrogen and oxygen atoms in total. The molecule has 0 aliphatic carbocycles. The zero-order valence-electron chi connectivity index (χ0n) is 12.5. The summed E-state index contributed by atoms with van der Waals surface area (Å²) in [7, 11) is 0. The lowest BCUT2D eigenvalue weighted by Crippen LogP contribution is -2.44. The number of morpholine rings is 1. The lowest BCUT2D eigenvalue weighted by Gasteiger charge is -2.34. The molecular weight excluding hydrogens is 266 g/mol. The maximum Gasteiger partial charge on any atom is 0.240 e. The van der Waals surface area contributed by atoms with E-state index in [1.54, 1.807) is 0 Å². The quantitative estimate of drug-likeness (QED) is 0.863. The Balaban J connectivity index is 1.60. The number of aromatic nitrogens is 2. The van der Waals surface area contributed by atoms with Crippen molar-refractivity contribution in [3.05, 3.63) is 47.6 Å². The molecule has 1 aliphatic rings. The molecule has 0 N–H and O–H groups in total. The summed E-state index contributed by atoms with van der Waals surface area (Å²) < 4.78 is 11.1. The Labute approximate surface area is 124 Å². The van der Waals surface area contributed by atoms with Crippen LogP contribution in [0.3, 0.4) is 0 Å². The van der Waals surface area contributed by atoms with Crippen LogP contribution in [0.5, 0.6) is 0 Å². The molecule has 3 rings (SSSR count). The van der Waals surface area contributed by atoms with E-state index >= 15 is 0 Å². The van der Waals surface area contributed by atoms with E-state index in [0.717, 1.165) is 18.9 Å². The van der Waals surface area contributed by atoms with Gasteiger partial charge in [0.05, 0.1) is 18.8 Å². The van der Waals surface area contributed by atoms with Crippen LogP contribution < -0.4 is 0 Å². The van der Waals surface area contributed by atoms with Gasteiger partial charge in [-0.25, -0.2) is 0 Å². The second-order valence-corrected chi connectivity index (χ2v) is 5.72. The van der Waals surface area contributed by atoms with Gasteiger partial charge in [-0.1, -0.05) is 35.5 Å². The average molecular weight is 287 g/mol. The maximum atomic E-state index is 5.73. The molecule has 0 saturated carbocycles. The van der Waals surface area contributed by atoms with Crippen LogP contribution in [0.15, 0.2) is 34.9 Å². The number of benzene rings is 1. The highest BCUT2D eigenvalue weighted by atomic mass is 16.5. The summed E-state index contributed by atoms with van der Waals surface area (Å²) in [6, 6.07) is 10.2. The van der Waals surface area contributed by atoms with Crippen molar-refractivity contribution >= 4 is 0 Å². The predicted molar refractivity (Wildman–Crippen MR) is 78.8 cm³/mol. The molecule has 2 heterocycles. The van der Waals surface area contributed by atoms with Gasteiger partial charge in [-0.2, -0.15) is 4.98 Å². The Kier molecular flexibility index (Phi) is 4.31. The van der Waals surface area contributed by atoms with E-state index in [2.05, 4.69) is 41.0 Å². The summed E-state index contributed by atoms with van der Waals surface area (Å²) in [6.45, 7) is 6.69. The minimum atomic E-state index is 0.250. The molecule has 21 heavy (non-hydrogen) atoms. The Morgan fingerprint density at radius 1 is 1.14 bits per heavy atom. The van der Waals surface area contributed by atoms with Gasteiger partial charge in [0.25, 0.3) is 0 Å². The number of rotatable bonds is 4. The van der Waals surface area contributed by atoms with Gasteiger partial charge in [-0.15, -0.1) is 0 Å². The Hall–Kier alpha value is -1.72. The summed E-state index contributed by atoms with van der Waals surface area (Å²) in [5, 5.41) is 4.07. The Bertz CT molecular complexity index is 560. The minimum absolute atomic E-state index is 0.250. The predicted octanol–water partition coefficient (Wildman–Crippen LogP) is 2.27. The zero-order chi connectivity index (χ0) is 14.7. The highest BCUT2D eigenvalue weighted by molar-refractivity contribution is 5.18. The van der Waals surface area contributed by atoms with Gasteiger partial charge >= 0.3 is 0 Å². The first-order valence-electron chi connectivity index (χ1n) is 7.42. The van der Waals surface area contributed by atoms with Crippen molar-refractivity contribution in [3.8, 4) is 0 Å². The fourth-order valence-corrected chi connectivity index (χ4v) is 2.81. The van der Waals surface area contributed by atoms with E-state index in [0.29, 0.717) is 18.9 Å². The second kappa shape index (κ2) is 6.37. The first-order chi connectivity index (χ1) is 10.2. The molecule has 0 radical (unpaired) electrons. The molecule has 1 aliphatic heterocycles. The highest BCUT2D eigenvalue weighted by Crippen LogP contribution is 2.14. The van der Waals surface area contributed by atoms with Gasteiger partial charge in [0.2, 0.25) is 5.89 Å². The molecule has 2 unspecified atom stereocenters. The van der Waals surface area contributed by atoms with Gasteiger partial charge in [-0.3, -0.25) is 4.90 Å². The second-order valence-electron chi connectivity index (χ2n) is 5.72. The molecule has 2 aromatic rings. The van der Waals surface area contributed by atoms with Crippen molar-refractivity contribution in [1.82, 2.24) is 15.0 Å². The van der Waals surface area contributed by atoms with E-state index in [4.69, 9.17) is 9.26 Å². The monoisotopic (exact) mass is 287 g/mol. The number of hydrogen-bond acceptors (Lipinski definition) is 5. The van der Waals surface area contributed by atoms with Gasteiger partial charge in [-0.05, 0) is 19.4 Å². The largest absolute Gasteiger partial charge is 0.373 e. The van der Waals surface area contributed by atoms with Gasteiger partial charge < -0.3 is 9.26 Å². The van der Waals surface area contributed by atoms with Crippen LogP contribution in [0, 0.1) is 0 Å². The van der Waals surface area contributed by atoms with Crippen LogP contribution in [-0.2, 0) is 17.7 Å². The summed E-state index contributed by atoms with van der Waals surface area (Å²) in [6.07, 6.45) is 1.21. The topological polar surface area (TPSA) is 51.4 Å². The fraction of sp³-hybridized carbons (Fsp3) is 0.500. The number of ether oxygens (including phenoxy) is 1. The molecular formula is C16H21N3O2. The van der Waals surface area contributed by atoms with Crippen molar-refractivity contribution in [1.29, 1.82) is 0 Å². The van der Waals surface area contributed by atoms with E-state index in [1.165, 1.54) is 5.56 Å². The SMILES string of the molecule is CC1CN(Cc2nc(Cc3ccccc3)no2)CC(C)O1. The smallest absolute Gasteiger partial charge is 0.240 e. The third-order valence-corrected chi connectivity index (χ3v) is 3.57. The third-order valence-electron chi connectivity index (χ3n) is 3.57. The number of nitrogens with zero attached hydrogens (tertiary/aromatic N) is 3. The molecule has 0 amide bonds. The Morgan fingerprint density at radius 3 is 2.57 bits per heavy atom. The molecule has 0 bridgehead atoms. The van der Waals surface area contributed by atoms with Gasteiger partial charge in [0.1, 0.15) is 0 Å². The maximum absolute atomic E-state index is 5.73. The van der Waals surface area contributed by atoms with Crippen LogP contribution in [0.2, 0.25) is 0 Å². The first-order valence-corrected chi connectivity index (χ1v) is 7.42. The third kappa shape index (κ3) is 3.89. The van der Waals surface area contributed by atoms with Gasteiger partial charge in [0, 0.05) is 19.5 Å². The fourth-order valence-electron chi connectivity index (χ4n) is 2.81. The molecule has 1 aromatic carbocycles. The summed E-state index contributed by atoms with van der Waals surface area (Å²) in [5.74, 6) is 1.42. The number of hydrogen-bond donors (Lipinski definition) is 0. The molecule has 112 valence electrons. The highest BCUT2D eigenvalue weighted by Gasteiger charge is 2.23. The zero-order valence-corrected chi connectivity index (χ0v) is 12.5. The van der Waals surface area contributed by atoms with Crippen molar-refractivity contribution in [2.24, 2.45) is 0 Å². The van der Waals surface area contributed by atoms with E-state index in [1.807, 2.05) is 18.2 Å². The molecule has 1 saturated heterocycles. The van der Waals surface area contributed by atoms with Crippen molar-refractivity contribution in [3.63, 3.8) is 0 Å². The molecule has 2 atom stereocenters. The first kappa shape index (κ1) is 14.2. The van der Waals surface area contributed by atoms with E-state index in [9.17, 15) is 0 Å². The van der Waals surface area contributed by atoms with Crippen LogP contribution in [0.25, 0.3) is 0 Å². The minimum Gasteiger partial charge on any atom is -0.373 e. The summed E-state index contributed by atoms with van der Waals surface area (Å²) in [5.41, 5.74) is 1.19. The van der Waals surface area contributed by atoms with E-state index < -0.39 is 0 Å². The van der Waals surface area contributed by atoms with Crippen molar-refractivity contribution in [2.45, 2.75) is 39.0 Å². The summed E-state index contributed by atoms with van der Waals surface area (Å²) in [4.78, 5) is 6.79. The van der Waals surface area contributed by atoms with Crippen LogP contribution >= 0.6 is 0 Å². The normalized spacial score (nSPS) is 23.3. The molecule has 1 fully saturated rings. The average Bonchev–Trinajstić information content (AvgIpc) is 2.86. The lowest BCUT2D eigenvalue weighted by atomic mass is 10.1. The Morgan fingerprint density at radius 2 is 1.86 bits per heavy atom. The van der Waals surface area contributed by atoms with Crippen LogP contribution in [-0.4, -0.2) is 40.3 Å². The van der Waals surface area contributed by atoms with Crippen molar-refractivity contribution < 1.29 is 9.26 Å². The van der Waals surface area contributed by atoms with Gasteiger partial charge in [0.15, 0.2) is 5.82 Å². The van der Waals surface area contributed by atoms with Crippen LogP contribution in [0.1, 0.15) is 31.1 Å². The lowest BCUT2D eigenvalue weighted by molar-refractivity contribution is -0.0725. The standard InChI is InChI=1S/C16H21N3O2/c1-12-9-19(10-13(2)20-12)11-16-17-15(18-21-16)8-14-6-4-3-5-7-14/h3-7,12-13H,8-11H2,1-2H3.